The SMILES string of the molecule is O=C(O)c1cccc2nc(-c3ccc(F)cc3)cn12. The molecule has 0 radical (unpaired) electrons. The van der Waals surface area contributed by atoms with E-state index in [9.17, 15) is 9.18 Å². The third kappa shape index (κ3) is 1.95. The summed E-state index contributed by atoms with van der Waals surface area (Å²) in [7, 11) is 0. The standard InChI is InChI=1S/C14H9FN2O2/c15-10-6-4-9(5-7-10)11-8-17-12(14(18)19)2-1-3-13(17)16-11/h1-8H,(H,18,19). The van der Waals surface area contributed by atoms with Crippen LogP contribution in [0.4, 0.5) is 4.39 Å². The van der Waals surface area contributed by atoms with E-state index in [1.807, 2.05) is 0 Å². The van der Waals surface area contributed by atoms with Crippen molar-refractivity contribution in [2.24, 2.45) is 0 Å². The molecule has 3 aromatic rings. The third-order valence-corrected chi connectivity index (χ3v) is 2.85. The van der Waals surface area contributed by atoms with E-state index >= 15 is 0 Å². The molecule has 94 valence electrons. The topological polar surface area (TPSA) is 54.6 Å². The van der Waals surface area contributed by atoms with Crippen LogP contribution in [0, 0.1) is 5.82 Å². The van der Waals surface area contributed by atoms with Gasteiger partial charge in [0.15, 0.2) is 0 Å². The van der Waals surface area contributed by atoms with Gasteiger partial charge in [0, 0.05) is 11.8 Å². The average molecular weight is 256 g/mol. The number of aromatic carboxylic acids is 1. The number of pyridine rings is 1. The molecular weight excluding hydrogens is 247 g/mol. The van der Waals surface area contributed by atoms with Gasteiger partial charge < -0.3 is 5.11 Å². The Morgan fingerprint density at radius 3 is 2.58 bits per heavy atom. The van der Waals surface area contributed by atoms with Gasteiger partial charge in [-0.15, -0.1) is 0 Å². The lowest BCUT2D eigenvalue weighted by Gasteiger charge is -1.98. The van der Waals surface area contributed by atoms with Crippen molar-refractivity contribution < 1.29 is 14.3 Å². The lowest BCUT2D eigenvalue weighted by molar-refractivity contribution is 0.0689. The van der Waals surface area contributed by atoms with Gasteiger partial charge in [-0.3, -0.25) is 4.40 Å². The Hall–Kier alpha value is -2.69. The van der Waals surface area contributed by atoms with Crippen molar-refractivity contribution in [2.45, 2.75) is 0 Å². The van der Waals surface area contributed by atoms with Crippen LogP contribution < -0.4 is 0 Å². The summed E-state index contributed by atoms with van der Waals surface area (Å²) in [6.07, 6.45) is 1.63. The quantitative estimate of drug-likeness (QED) is 0.767. The predicted molar refractivity (Wildman–Crippen MR) is 67.5 cm³/mol. The number of benzene rings is 1. The molecule has 1 N–H and O–H groups in total. The lowest BCUT2D eigenvalue weighted by Crippen LogP contribution is -2.03. The van der Waals surface area contributed by atoms with Gasteiger partial charge in [0.25, 0.3) is 0 Å². The van der Waals surface area contributed by atoms with Gasteiger partial charge in [0.2, 0.25) is 0 Å². The minimum Gasteiger partial charge on any atom is -0.477 e. The van der Waals surface area contributed by atoms with Crippen molar-refractivity contribution >= 4 is 11.6 Å². The Balaban J connectivity index is 2.19. The fraction of sp³-hybridized carbons (Fsp3) is 0. The molecule has 0 fully saturated rings. The number of carbonyl (C=O) groups is 1. The summed E-state index contributed by atoms with van der Waals surface area (Å²) in [5.41, 5.74) is 2.02. The molecule has 0 atom stereocenters. The van der Waals surface area contributed by atoms with Crippen molar-refractivity contribution in [3.8, 4) is 11.3 Å². The van der Waals surface area contributed by atoms with Gasteiger partial charge in [-0.1, -0.05) is 6.07 Å². The van der Waals surface area contributed by atoms with E-state index in [2.05, 4.69) is 4.98 Å². The molecule has 1 aromatic carbocycles. The van der Waals surface area contributed by atoms with Crippen LogP contribution in [0.15, 0.2) is 48.7 Å². The Morgan fingerprint density at radius 1 is 1.16 bits per heavy atom. The summed E-state index contributed by atoms with van der Waals surface area (Å²) in [6.45, 7) is 0. The van der Waals surface area contributed by atoms with E-state index in [0.29, 0.717) is 11.3 Å². The normalized spacial score (nSPS) is 10.8. The van der Waals surface area contributed by atoms with Crippen LogP contribution in [0.25, 0.3) is 16.9 Å². The van der Waals surface area contributed by atoms with E-state index in [0.717, 1.165) is 5.56 Å². The molecule has 2 aromatic heterocycles. The first-order valence-corrected chi connectivity index (χ1v) is 5.62. The van der Waals surface area contributed by atoms with Crippen LogP contribution in [0.2, 0.25) is 0 Å². The molecule has 3 rings (SSSR count). The number of carboxylic acid groups (broad SMARTS) is 1. The second-order valence-electron chi connectivity index (χ2n) is 4.08. The zero-order valence-corrected chi connectivity index (χ0v) is 9.75. The molecule has 4 nitrogen and oxygen atoms in total. The van der Waals surface area contributed by atoms with E-state index in [1.54, 1.807) is 30.5 Å². The molecule has 0 bridgehead atoms. The smallest absolute Gasteiger partial charge is 0.352 e. The van der Waals surface area contributed by atoms with Crippen LogP contribution in [0.5, 0.6) is 0 Å². The number of fused-ring (bicyclic) bond motifs is 1. The largest absolute Gasteiger partial charge is 0.477 e. The summed E-state index contributed by atoms with van der Waals surface area (Å²) in [5, 5.41) is 9.10. The summed E-state index contributed by atoms with van der Waals surface area (Å²) >= 11 is 0. The molecule has 0 saturated carbocycles. The van der Waals surface area contributed by atoms with Gasteiger partial charge in [0.1, 0.15) is 17.2 Å². The Morgan fingerprint density at radius 2 is 1.89 bits per heavy atom. The Labute approximate surface area is 107 Å². The molecule has 0 amide bonds. The second kappa shape index (κ2) is 4.20. The first-order chi connectivity index (χ1) is 9.15. The van der Waals surface area contributed by atoms with Crippen molar-refractivity contribution in [1.29, 1.82) is 0 Å². The van der Waals surface area contributed by atoms with Gasteiger partial charge in [-0.2, -0.15) is 0 Å². The molecule has 0 saturated heterocycles. The number of aromatic nitrogens is 2. The zero-order valence-electron chi connectivity index (χ0n) is 9.75. The number of imidazole rings is 1. The summed E-state index contributed by atoms with van der Waals surface area (Å²) in [5.74, 6) is -1.34. The number of hydrogen-bond acceptors (Lipinski definition) is 2. The van der Waals surface area contributed by atoms with Crippen molar-refractivity contribution in [1.82, 2.24) is 9.38 Å². The fourth-order valence-electron chi connectivity index (χ4n) is 1.94. The third-order valence-electron chi connectivity index (χ3n) is 2.85. The van der Waals surface area contributed by atoms with Crippen LogP contribution in [0.3, 0.4) is 0 Å². The predicted octanol–water partition coefficient (Wildman–Crippen LogP) is 2.84. The minimum absolute atomic E-state index is 0.137. The second-order valence-corrected chi connectivity index (χ2v) is 4.08. The van der Waals surface area contributed by atoms with Gasteiger partial charge in [-0.25, -0.2) is 14.2 Å². The molecule has 0 spiro atoms. The maximum absolute atomic E-state index is 12.9. The van der Waals surface area contributed by atoms with Gasteiger partial charge >= 0.3 is 5.97 Å². The molecule has 0 aliphatic heterocycles. The van der Waals surface area contributed by atoms with Crippen LogP contribution in [-0.2, 0) is 0 Å². The van der Waals surface area contributed by atoms with Gasteiger partial charge in [0.05, 0.1) is 5.69 Å². The highest BCUT2D eigenvalue weighted by atomic mass is 19.1. The number of nitrogens with zero attached hydrogens (tertiary/aromatic N) is 2. The van der Waals surface area contributed by atoms with Gasteiger partial charge in [-0.05, 0) is 36.4 Å². The Kier molecular flexibility index (Phi) is 2.52. The number of rotatable bonds is 2. The summed E-state index contributed by atoms with van der Waals surface area (Å²) < 4.78 is 14.4. The first-order valence-electron chi connectivity index (χ1n) is 5.62. The molecule has 5 heteroatoms. The summed E-state index contributed by atoms with van der Waals surface area (Å²) in [6, 6.07) is 10.8. The van der Waals surface area contributed by atoms with Crippen LogP contribution >= 0.6 is 0 Å². The van der Waals surface area contributed by atoms with E-state index in [1.165, 1.54) is 22.6 Å². The van der Waals surface area contributed by atoms with E-state index < -0.39 is 5.97 Å². The first kappa shape index (κ1) is 11.4. The zero-order chi connectivity index (χ0) is 13.4. The monoisotopic (exact) mass is 256 g/mol. The number of halogens is 1. The minimum atomic E-state index is -1.02. The summed E-state index contributed by atoms with van der Waals surface area (Å²) in [4.78, 5) is 15.4. The number of carboxylic acids is 1. The highest BCUT2D eigenvalue weighted by Crippen LogP contribution is 2.20. The maximum atomic E-state index is 12.9. The average Bonchev–Trinajstić information content (AvgIpc) is 2.82. The highest BCUT2D eigenvalue weighted by molar-refractivity contribution is 5.86. The molecule has 2 heterocycles. The number of hydrogen-bond donors (Lipinski definition) is 1. The van der Waals surface area contributed by atoms with Crippen molar-refractivity contribution in [3.63, 3.8) is 0 Å². The van der Waals surface area contributed by atoms with Crippen LogP contribution in [0.1, 0.15) is 10.5 Å². The van der Waals surface area contributed by atoms with Crippen molar-refractivity contribution in [2.75, 3.05) is 0 Å². The Bertz CT molecular complexity index is 763. The maximum Gasteiger partial charge on any atom is 0.352 e. The molecule has 19 heavy (non-hydrogen) atoms. The lowest BCUT2D eigenvalue weighted by atomic mass is 10.2. The fourth-order valence-corrected chi connectivity index (χ4v) is 1.94. The highest BCUT2D eigenvalue weighted by Gasteiger charge is 2.11. The molecule has 0 aliphatic carbocycles. The van der Waals surface area contributed by atoms with E-state index in [-0.39, 0.29) is 11.5 Å². The molecule has 0 unspecified atom stereocenters. The van der Waals surface area contributed by atoms with Crippen molar-refractivity contribution in [3.05, 3.63) is 60.2 Å². The van der Waals surface area contributed by atoms with Crippen LogP contribution in [-0.4, -0.2) is 20.5 Å². The molecular formula is C14H9FN2O2. The molecule has 0 aliphatic rings. The van der Waals surface area contributed by atoms with E-state index in [4.69, 9.17) is 5.11 Å².